The second-order valence-corrected chi connectivity index (χ2v) is 10.3. The molecule has 5 rings (SSSR count). The Bertz CT molecular complexity index is 823. The molecule has 1 saturated carbocycles. The van der Waals surface area contributed by atoms with E-state index in [4.69, 9.17) is 9.47 Å². The molecule has 0 radical (unpaired) electrons. The van der Waals surface area contributed by atoms with E-state index in [-0.39, 0.29) is 30.7 Å². The van der Waals surface area contributed by atoms with E-state index in [0.29, 0.717) is 31.4 Å². The molecule has 1 aliphatic carbocycles. The molecule has 1 amide bonds. The summed E-state index contributed by atoms with van der Waals surface area (Å²) in [5.41, 5.74) is 0.980. The highest BCUT2D eigenvalue weighted by Crippen LogP contribution is 2.37. The maximum atomic E-state index is 12.9. The number of nitrogens with one attached hydrogen (secondary N) is 1. The van der Waals surface area contributed by atoms with Crippen molar-refractivity contribution in [1.82, 2.24) is 19.6 Å². The van der Waals surface area contributed by atoms with Crippen LogP contribution in [0, 0.1) is 0 Å². The van der Waals surface area contributed by atoms with Crippen molar-refractivity contribution in [3.63, 3.8) is 0 Å². The summed E-state index contributed by atoms with van der Waals surface area (Å²) in [6, 6.07) is -0.281. The van der Waals surface area contributed by atoms with Crippen LogP contribution >= 0.6 is 0 Å². The van der Waals surface area contributed by atoms with Gasteiger partial charge in [0.05, 0.1) is 18.8 Å². The van der Waals surface area contributed by atoms with Crippen molar-refractivity contribution in [2.75, 3.05) is 26.0 Å². The van der Waals surface area contributed by atoms with Crippen LogP contribution in [-0.4, -0.2) is 75.1 Å². The maximum absolute atomic E-state index is 12.9. The third kappa shape index (κ3) is 4.31. The lowest BCUT2D eigenvalue weighted by Crippen LogP contribution is -2.50. The van der Waals surface area contributed by atoms with Crippen LogP contribution in [0.15, 0.2) is 12.5 Å². The fourth-order valence-electron chi connectivity index (χ4n) is 4.55. The van der Waals surface area contributed by atoms with Gasteiger partial charge in [0.2, 0.25) is 5.88 Å². The van der Waals surface area contributed by atoms with E-state index in [1.807, 2.05) is 6.20 Å². The Morgan fingerprint density at radius 2 is 2.07 bits per heavy atom. The summed E-state index contributed by atoms with van der Waals surface area (Å²) < 4.78 is 27.3. The van der Waals surface area contributed by atoms with E-state index < -0.39 is 9.71 Å². The fraction of sp³-hybridized carbons (Fsp3) is 0.684. The molecule has 154 valence electrons. The van der Waals surface area contributed by atoms with Crippen LogP contribution in [-0.2, 0) is 19.2 Å². The van der Waals surface area contributed by atoms with Gasteiger partial charge in [0.1, 0.15) is 6.33 Å². The van der Waals surface area contributed by atoms with Crippen molar-refractivity contribution in [1.29, 1.82) is 0 Å². The molecule has 2 bridgehead atoms. The zero-order valence-electron chi connectivity index (χ0n) is 16.2. The smallest absolute Gasteiger partial charge is 0.260 e. The number of hydrogen-bond donors (Lipinski definition) is 1. The molecule has 0 aromatic carbocycles. The molecule has 1 saturated heterocycles. The first kappa shape index (κ1) is 19.6. The van der Waals surface area contributed by atoms with Gasteiger partial charge in [-0.05, 0) is 43.9 Å². The second kappa shape index (κ2) is 7.96. The summed E-state index contributed by atoms with van der Waals surface area (Å²) in [7, 11) is -2.37. The Kier molecular flexibility index (Phi) is 5.57. The molecule has 0 spiro atoms. The SMILES string of the molecule is C=S(C)(=O)N[C@H]1CCN2C(=O)COc3ncncc3C3CCC(CC3)OC[C@@H]12. The fourth-order valence-corrected chi connectivity index (χ4v) is 5.46. The van der Waals surface area contributed by atoms with Gasteiger partial charge >= 0.3 is 0 Å². The van der Waals surface area contributed by atoms with Gasteiger partial charge < -0.3 is 14.4 Å². The average molecular weight is 409 g/mol. The Balaban J connectivity index is 1.59. The first-order chi connectivity index (χ1) is 13.4. The molecule has 8 nitrogen and oxygen atoms in total. The van der Waals surface area contributed by atoms with Gasteiger partial charge in [0.25, 0.3) is 5.91 Å². The molecule has 1 unspecified atom stereocenters. The van der Waals surface area contributed by atoms with E-state index in [0.717, 1.165) is 31.2 Å². The standard InChI is InChI=1S/C19H28N4O4S/c1-28(2,25)22-16-7-8-23-17(16)10-26-14-5-3-13(4-6-14)15-9-20-12-21-19(15)27-11-18(23)24/h9,12-14,16-17H,1,3-8,10-11H2,2H3,(H,22,25)/t13?,14?,16-,17-,28?/m0/s1. The number of hydrogen-bond acceptors (Lipinski definition) is 6. The molecule has 4 aliphatic rings. The van der Waals surface area contributed by atoms with Gasteiger partial charge in [-0.1, -0.05) is 0 Å². The van der Waals surface area contributed by atoms with Crippen LogP contribution < -0.4 is 9.46 Å². The van der Waals surface area contributed by atoms with Crippen LogP contribution in [0.25, 0.3) is 0 Å². The van der Waals surface area contributed by atoms with Crippen molar-refractivity contribution >= 4 is 21.5 Å². The number of amides is 1. The summed E-state index contributed by atoms with van der Waals surface area (Å²) in [5, 5.41) is 0. The normalized spacial score (nSPS) is 32.9. The number of rotatable bonds is 2. The molecule has 2 fully saturated rings. The summed E-state index contributed by atoms with van der Waals surface area (Å²) in [6.07, 6.45) is 9.62. The van der Waals surface area contributed by atoms with E-state index in [1.165, 1.54) is 6.33 Å². The summed E-state index contributed by atoms with van der Waals surface area (Å²) in [5.74, 6) is 4.43. The molecule has 1 N–H and O–H groups in total. The summed E-state index contributed by atoms with van der Waals surface area (Å²) in [4.78, 5) is 23.1. The first-order valence-corrected chi connectivity index (χ1v) is 12.0. The van der Waals surface area contributed by atoms with Crippen molar-refractivity contribution in [2.45, 2.75) is 56.2 Å². The number of fused-ring (bicyclic) bond motifs is 5. The van der Waals surface area contributed by atoms with Crippen LogP contribution in [0.3, 0.4) is 0 Å². The van der Waals surface area contributed by atoms with Gasteiger partial charge in [-0.15, -0.1) is 0 Å². The van der Waals surface area contributed by atoms with Crippen molar-refractivity contribution < 1.29 is 18.5 Å². The largest absolute Gasteiger partial charge is 0.467 e. The molecule has 1 aromatic rings. The van der Waals surface area contributed by atoms with E-state index in [2.05, 4.69) is 20.6 Å². The van der Waals surface area contributed by atoms with Gasteiger partial charge in [-0.25, -0.2) is 14.7 Å². The second-order valence-electron chi connectivity index (χ2n) is 8.05. The maximum Gasteiger partial charge on any atom is 0.260 e. The van der Waals surface area contributed by atoms with Crippen molar-refractivity contribution in [3.8, 4) is 5.88 Å². The highest BCUT2D eigenvalue weighted by Gasteiger charge is 2.39. The van der Waals surface area contributed by atoms with Crippen LogP contribution in [0.4, 0.5) is 0 Å². The number of ether oxygens (including phenoxy) is 2. The Morgan fingerprint density at radius 1 is 1.29 bits per heavy atom. The van der Waals surface area contributed by atoms with E-state index in [9.17, 15) is 9.00 Å². The number of aromatic nitrogens is 2. The van der Waals surface area contributed by atoms with E-state index >= 15 is 0 Å². The molecule has 28 heavy (non-hydrogen) atoms. The zero-order chi connectivity index (χ0) is 19.7. The molecular formula is C19H28N4O4S. The summed E-state index contributed by atoms with van der Waals surface area (Å²) >= 11 is 0. The van der Waals surface area contributed by atoms with Gasteiger partial charge in [-0.2, -0.15) is 0 Å². The number of carbonyl (C=O) groups excluding carboxylic acids is 1. The highest BCUT2D eigenvalue weighted by atomic mass is 32.2. The summed E-state index contributed by atoms with van der Waals surface area (Å²) in [6.45, 7) is 0.934. The third-order valence-corrected chi connectivity index (χ3v) is 6.72. The van der Waals surface area contributed by atoms with Gasteiger partial charge in [0, 0.05) is 40.3 Å². The zero-order valence-corrected chi connectivity index (χ0v) is 17.0. The highest BCUT2D eigenvalue weighted by molar-refractivity contribution is 7.97. The Labute approximate surface area is 166 Å². The van der Waals surface area contributed by atoms with Crippen molar-refractivity contribution in [2.24, 2.45) is 0 Å². The van der Waals surface area contributed by atoms with Crippen molar-refractivity contribution in [3.05, 3.63) is 18.1 Å². The van der Waals surface area contributed by atoms with Gasteiger partial charge in [0.15, 0.2) is 6.61 Å². The van der Waals surface area contributed by atoms with Gasteiger partial charge in [-0.3, -0.25) is 9.00 Å². The molecule has 4 heterocycles. The molecule has 1 aromatic heterocycles. The lowest BCUT2D eigenvalue weighted by atomic mass is 9.83. The quantitative estimate of drug-likeness (QED) is 0.726. The minimum Gasteiger partial charge on any atom is -0.467 e. The average Bonchev–Trinajstić information content (AvgIpc) is 3.05. The molecule has 3 aliphatic heterocycles. The van der Waals surface area contributed by atoms with Crippen LogP contribution in [0.1, 0.15) is 43.6 Å². The predicted molar refractivity (Wildman–Crippen MR) is 107 cm³/mol. The predicted octanol–water partition coefficient (Wildman–Crippen LogP) is 0.732. The van der Waals surface area contributed by atoms with Crippen LogP contribution in [0.2, 0.25) is 0 Å². The Morgan fingerprint density at radius 3 is 2.82 bits per heavy atom. The number of nitrogens with zero attached hydrogens (tertiary/aromatic N) is 3. The lowest BCUT2D eigenvalue weighted by molar-refractivity contribution is -0.136. The molecule has 9 heteroatoms. The minimum absolute atomic E-state index is 0.0741. The van der Waals surface area contributed by atoms with E-state index in [1.54, 1.807) is 11.2 Å². The lowest BCUT2D eigenvalue weighted by Gasteiger charge is -2.32. The minimum atomic E-state index is -2.37. The topological polar surface area (TPSA) is 93.7 Å². The molecule has 3 atom stereocenters. The molecular weight excluding hydrogens is 380 g/mol. The Hall–Kier alpha value is -1.71. The van der Waals surface area contributed by atoms with Crippen LogP contribution in [0.5, 0.6) is 5.88 Å². The first-order valence-electron chi connectivity index (χ1n) is 9.84. The monoisotopic (exact) mass is 408 g/mol. The third-order valence-electron chi connectivity index (χ3n) is 5.92. The number of carbonyl (C=O) groups is 1.